The van der Waals surface area contributed by atoms with Crippen molar-refractivity contribution in [1.82, 2.24) is 0 Å². The van der Waals surface area contributed by atoms with Gasteiger partial charge >= 0.3 is 0 Å². The van der Waals surface area contributed by atoms with E-state index in [0.717, 1.165) is 4.47 Å². The van der Waals surface area contributed by atoms with E-state index < -0.39 is 0 Å². The molecule has 0 aliphatic carbocycles. The van der Waals surface area contributed by atoms with Gasteiger partial charge in [-0.05, 0) is 37.3 Å². The first-order valence-corrected chi connectivity index (χ1v) is 6.70. The quantitative estimate of drug-likeness (QED) is 0.853. The summed E-state index contributed by atoms with van der Waals surface area (Å²) in [6.07, 6.45) is 0. The van der Waals surface area contributed by atoms with E-state index in [1.54, 1.807) is 43.3 Å². The number of phenols is 1. The van der Waals surface area contributed by atoms with Gasteiger partial charge in [-0.1, -0.05) is 33.6 Å². The van der Waals surface area contributed by atoms with Crippen LogP contribution in [0.2, 0.25) is 5.02 Å². The number of amides is 1. The van der Waals surface area contributed by atoms with Crippen LogP contribution in [0.25, 0.3) is 0 Å². The molecule has 2 rings (SSSR count). The Morgan fingerprint density at radius 2 is 2.05 bits per heavy atom. The van der Waals surface area contributed by atoms with E-state index in [1.807, 2.05) is 0 Å². The van der Waals surface area contributed by atoms with Crippen LogP contribution in [0.15, 0.2) is 40.9 Å². The van der Waals surface area contributed by atoms with Crippen molar-refractivity contribution in [3.63, 3.8) is 0 Å². The molecule has 3 nitrogen and oxygen atoms in total. The lowest BCUT2D eigenvalue weighted by molar-refractivity contribution is 0.102. The Labute approximate surface area is 124 Å². The number of carbonyl (C=O) groups excluding carboxylic acids is 1. The molecule has 0 aliphatic rings. The number of rotatable bonds is 2. The molecule has 98 valence electrons. The van der Waals surface area contributed by atoms with Crippen LogP contribution in [-0.2, 0) is 0 Å². The highest BCUT2D eigenvalue weighted by Crippen LogP contribution is 2.25. The van der Waals surface area contributed by atoms with Crippen molar-refractivity contribution in [1.29, 1.82) is 0 Å². The maximum atomic E-state index is 12.1. The third-order valence-electron chi connectivity index (χ3n) is 2.68. The number of nitrogens with one attached hydrogen (secondary N) is 1. The number of carbonyl (C=O) groups is 1. The van der Waals surface area contributed by atoms with Crippen LogP contribution in [0.4, 0.5) is 5.69 Å². The standard InChI is InChI=1S/C14H11BrClNO2/c1-8-12(3-2-4-13(8)18)17-14(19)9-5-10(15)7-11(16)6-9/h2-7,18H,1H3,(H,17,19). The summed E-state index contributed by atoms with van der Waals surface area (Å²) in [6.45, 7) is 1.73. The summed E-state index contributed by atoms with van der Waals surface area (Å²) in [4.78, 5) is 12.1. The molecule has 2 N–H and O–H groups in total. The van der Waals surface area contributed by atoms with Gasteiger partial charge in [-0.25, -0.2) is 0 Å². The molecule has 0 unspecified atom stereocenters. The summed E-state index contributed by atoms with van der Waals surface area (Å²) in [5.41, 5.74) is 1.64. The lowest BCUT2D eigenvalue weighted by atomic mass is 10.1. The fourth-order valence-corrected chi connectivity index (χ4v) is 2.50. The van der Waals surface area contributed by atoms with Gasteiger partial charge in [-0.2, -0.15) is 0 Å². The van der Waals surface area contributed by atoms with Crippen molar-refractivity contribution < 1.29 is 9.90 Å². The van der Waals surface area contributed by atoms with Gasteiger partial charge in [0.15, 0.2) is 0 Å². The first kappa shape index (κ1) is 13.9. The zero-order valence-corrected chi connectivity index (χ0v) is 12.4. The van der Waals surface area contributed by atoms with E-state index in [-0.39, 0.29) is 11.7 Å². The second kappa shape index (κ2) is 5.63. The molecule has 1 amide bonds. The van der Waals surface area contributed by atoms with E-state index in [1.165, 1.54) is 0 Å². The molecule has 0 fully saturated rings. The van der Waals surface area contributed by atoms with Crippen LogP contribution < -0.4 is 5.32 Å². The zero-order valence-electron chi connectivity index (χ0n) is 10.1. The second-order valence-electron chi connectivity index (χ2n) is 4.06. The number of aromatic hydroxyl groups is 1. The summed E-state index contributed by atoms with van der Waals surface area (Å²) < 4.78 is 0.734. The van der Waals surface area contributed by atoms with Crippen LogP contribution in [0.1, 0.15) is 15.9 Å². The summed E-state index contributed by atoms with van der Waals surface area (Å²) >= 11 is 9.19. The van der Waals surface area contributed by atoms with Gasteiger partial charge in [0.2, 0.25) is 0 Å². The van der Waals surface area contributed by atoms with Crippen molar-refractivity contribution >= 4 is 39.1 Å². The fourth-order valence-electron chi connectivity index (χ4n) is 1.64. The maximum absolute atomic E-state index is 12.1. The molecule has 2 aromatic rings. The fraction of sp³-hybridized carbons (Fsp3) is 0.0714. The Hall–Kier alpha value is -1.52. The first-order valence-electron chi connectivity index (χ1n) is 5.53. The Bertz CT molecular complexity index is 623. The van der Waals surface area contributed by atoms with E-state index in [2.05, 4.69) is 21.2 Å². The van der Waals surface area contributed by atoms with Gasteiger partial charge in [0.25, 0.3) is 5.91 Å². The minimum absolute atomic E-state index is 0.144. The van der Waals surface area contributed by atoms with Crippen LogP contribution in [0.3, 0.4) is 0 Å². The van der Waals surface area contributed by atoms with Gasteiger partial charge in [0.05, 0.1) is 0 Å². The molecular weight excluding hydrogens is 330 g/mol. The number of hydrogen-bond donors (Lipinski definition) is 2. The SMILES string of the molecule is Cc1c(O)cccc1NC(=O)c1cc(Cl)cc(Br)c1. The van der Waals surface area contributed by atoms with Crippen LogP contribution in [0, 0.1) is 6.92 Å². The molecule has 0 saturated heterocycles. The van der Waals surface area contributed by atoms with E-state index in [4.69, 9.17) is 11.6 Å². The molecule has 0 aliphatic heterocycles. The smallest absolute Gasteiger partial charge is 0.255 e. The Morgan fingerprint density at radius 3 is 2.74 bits per heavy atom. The van der Waals surface area contributed by atoms with Crippen molar-refractivity contribution in [2.75, 3.05) is 5.32 Å². The average molecular weight is 341 g/mol. The summed E-state index contributed by atoms with van der Waals surface area (Å²) in [6, 6.07) is 9.94. The van der Waals surface area contributed by atoms with Gasteiger partial charge in [0, 0.05) is 26.3 Å². The third kappa shape index (κ3) is 3.28. The predicted molar refractivity (Wildman–Crippen MR) is 79.9 cm³/mol. The molecule has 0 saturated carbocycles. The molecule has 0 heterocycles. The molecule has 0 spiro atoms. The lowest BCUT2D eigenvalue weighted by Crippen LogP contribution is -2.12. The van der Waals surface area contributed by atoms with Gasteiger partial charge in [-0.3, -0.25) is 4.79 Å². The van der Waals surface area contributed by atoms with E-state index in [0.29, 0.717) is 21.8 Å². The number of anilines is 1. The highest BCUT2D eigenvalue weighted by atomic mass is 79.9. The number of phenolic OH excluding ortho intramolecular Hbond substituents is 1. The second-order valence-corrected chi connectivity index (χ2v) is 5.41. The zero-order chi connectivity index (χ0) is 14.0. The number of hydrogen-bond acceptors (Lipinski definition) is 2. The average Bonchev–Trinajstić information content (AvgIpc) is 2.33. The van der Waals surface area contributed by atoms with Crippen LogP contribution in [-0.4, -0.2) is 11.0 Å². The van der Waals surface area contributed by atoms with Gasteiger partial charge in [0.1, 0.15) is 5.75 Å². The largest absolute Gasteiger partial charge is 0.508 e. The molecule has 2 aromatic carbocycles. The van der Waals surface area contributed by atoms with Crippen molar-refractivity contribution in [3.05, 3.63) is 57.0 Å². The first-order chi connectivity index (χ1) is 8.97. The minimum atomic E-state index is -0.281. The lowest BCUT2D eigenvalue weighted by Gasteiger charge is -2.10. The molecule has 5 heteroatoms. The minimum Gasteiger partial charge on any atom is -0.508 e. The Kier molecular flexibility index (Phi) is 4.12. The normalized spacial score (nSPS) is 10.3. The summed E-state index contributed by atoms with van der Waals surface area (Å²) in [5, 5.41) is 12.8. The van der Waals surface area contributed by atoms with Gasteiger partial charge in [-0.15, -0.1) is 0 Å². The van der Waals surface area contributed by atoms with Gasteiger partial charge < -0.3 is 10.4 Å². The predicted octanol–water partition coefficient (Wildman–Crippen LogP) is 4.37. The Morgan fingerprint density at radius 1 is 1.32 bits per heavy atom. The number of benzene rings is 2. The van der Waals surface area contributed by atoms with Crippen molar-refractivity contribution in [3.8, 4) is 5.75 Å². The van der Waals surface area contributed by atoms with Crippen LogP contribution >= 0.6 is 27.5 Å². The molecular formula is C14H11BrClNO2. The maximum Gasteiger partial charge on any atom is 0.255 e. The molecule has 19 heavy (non-hydrogen) atoms. The third-order valence-corrected chi connectivity index (χ3v) is 3.35. The monoisotopic (exact) mass is 339 g/mol. The Balaban J connectivity index is 2.28. The highest BCUT2D eigenvalue weighted by molar-refractivity contribution is 9.10. The van der Waals surface area contributed by atoms with Crippen molar-refractivity contribution in [2.45, 2.75) is 6.92 Å². The van der Waals surface area contributed by atoms with E-state index >= 15 is 0 Å². The summed E-state index contributed by atoms with van der Waals surface area (Å²) in [7, 11) is 0. The van der Waals surface area contributed by atoms with Crippen molar-refractivity contribution in [2.24, 2.45) is 0 Å². The van der Waals surface area contributed by atoms with Crippen LogP contribution in [0.5, 0.6) is 5.75 Å². The summed E-state index contributed by atoms with van der Waals surface area (Å²) in [5.74, 6) is -0.137. The van der Waals surface area contributed by atoms with E-state index in [9.17, 15) is 9.90 Å². The topological polar surface area (TPSA) is 49.3 Å². The molecule has 0 atom stereocenters. The molecule has 0 bridgehead atoms. The molecule has 0 radical (unpaired) electrons. The number of halogens is 2. The highest BCUT2D eigenvalue weighted by Gasteiger charge is 2.10. The molecule has 0 aromatic heterocycles.